The number of imidazole rings is 1. The SMILES string of the molecule is CCOC(=O)C(C)c1nc(CO)c(CC)n1Cc1ccc2c(c1)CCc1ccccc1N2. The zero-order valence-electron chi connectivity index (χ0n) is 19.0. The highest BCUT2D eigenvalue weighted by Crippen LogP contribution is 2.31. The summed E-state index contributed by atoms with van der Waals surface area (Å²) in [5, 5.41) is 13.4. The third-order valence-electron chi connectivity index (χ3n) is 6.16. The summed E-state index contributed by atoms with van der Waals surface area (Å²) in [5.41, 5.74) is 7.64. The molecule has 0 saturated heterocycles. The molecule has 0 fully saturated rings. The van der Waals surface area contributed by atoms with Gasteiger partial charge in [-0.2, -0.15) is 0 Å². The molecule has 3 aromatic rings. The van der Waals surface area contributed by atoms with E-state index in [1.165, 1.54) is 16.8 Å². The van der Waals surface area contributed by atoms with Crippen molar-refractivity contribution in [3.8, 4) is 0 Å². The van der Waals surface area contributed by atoms with Crippen LogP contribution in [-0.4, -0.2) is 27.2 Å². The monoisotopic (exact) mass is 433 g/mol. The number of anilines is 2. The van der Waals surface area contributed by atoms with Gasteiger partial charge in [0.2, 0.25) is 0 Å². The smallest absolute Gasteiger partial charge is 0.316 e. The average molecular weight is 434 g/mol. The van der Waals surface area contributed by atoms with Crippen LogP contribution in [0.4, 0.5) is 11.4 Å². The Kier molecular flexibility index (Phi) is 6.61. The summed E-state index contributed by atoms with van der Waals surface area (Å²) in [6.45, 7) is 6.44. The summed E-state index contributed by atoms with van der Waals surface area (Å²) in [6, 6.07) is 14.9. The number of aromatic nitrogens is 2. The van der Waals surface area contributed by atoms with Crippen LogP contribution < -0.4 is 5.32 Å². The average Bonchev–Trinajstić information content (AvgIpc) is 3.04. The highest BCUT2D eigenvalue weighted by molar-refractivity contribution is 5.76. The minimum absolute atomic E-state index is 0.148. The number of aliphatic hydroxyl groups is 1. The molecule has 168 valence electrons. The van der Waals surface area contributed by atoms with Gasteiger partial charge in [-0.05, 0) is 61.9 Å². The fourth-order valence-corrected chi connectivity index (χ4v) is 4.49. The molecule has 32 heavy (non-hydrogen) atoms. The molecule has 0 saturated carbocycles. The van der Waals surface area contributed by atoms with Crippen LogP contribution in [0, 0.1) is 0 Å². The molecular formula is C26H31N3O3. The second-order valence-corrected chi connectivity index (χ2v) is 8.21. The van der Waals surface area contributed by atoms with Crippen LogP contribution in [0.3, 0.4) is 0 Å². The van der Waals surface area contributed by atoms with E-state index in [1.807, 2.05) is 13.8 Å². The lowest BCUT2D eigenvalue weighted by atomic mass is 10.0. The maximum absolute atomic E-state index is 12.4. The van der Waals surface area contributed by atoms with E-state index in [0.29, 0.717) is 24.7 Å². The molecule has 6 heteroatoms. The number of carbonyl (C=O) groups is 1. The number of para-hydroxylation sites is 1. The lowest BCUT2D eigenvalue weighted by Gasteiger charge is -2.17. The molecule has 4 rings (SSSR count). The number of hydrogen-bond donors (Lipinski definition) is 2. The Hall–Kier alpha value is -3.12. The van der Waals surface area contributed by atoms with Crippen LogP contribution in [0.5, 0.6) is 0 Å². The Morgan fingerprint density at radius 3 is 2.66 bits per heavy atom. The van der Waals surface area contributed by atoms with Gasteiger partial charge in [0.1, 0.15) is 11.7 Å². The van der Waals surface area contributed by atoms with E-state index in [-0.39, 0.29) is 12.6 Å². The molecule has 2 heterocycles. The predicted octanol–water partition coefficient (Wildman–Crippen LogP) is 4.49. The molecule has 2 aromatic carbocycles. The van der Waals surface area contributed by atoms with Gasteiger partial charge < -0.3 is 19.7 Å². The van der Waals surface area contributed by atoms with Gasteiger partial charge in [0.25, 0.3) is 0 Å². The van der Waals surface area contributed by atoms with Gasteiger partial charge in [0.15, 0.2) is 0 Å². The summed E-state index contributed by atoms with van der Waals surface area (Å²) in [7, 11) is 0. The molecule has 1 aliphatic rings. The van der Waals surface area contributed by atoms with Crippen molar-refractivity contribution in [3.05, 3.63) is 76.4 Å². The van der Waals surface area contributed by atoms with Gasteiger partial charge in [-0.1, -0.05) is 37.3 Å². The van der Waals surface area contributed by atoms with Crippen molar-refractivity contribution in [1.82, 2.24) is 9.55 Å². The maximum Gasteiger partial charge on any atom is 0.316 e. The molecule has 1 aromatic heterocycles. The lowest BCUT2D eigenvalue weighted by molar-refractivity contribution is -0.144. The summed E-state index contributed by atoms with van der Waals surface area (Å²) in [5.74, 6) is -0.155. The normalized spacial score (nSPS) is 13.5. The Balaban J connectivity index is 1.67. The number of ether oxygens (including phenoxy) is 1. The van der Waals surface area contributed by atoms with Crippen LogP contribution in [-0.2, 0) is 41.9 Å². The van der Waals surface area contributed by atoms with Crippen LogP contribution in [0.1, 0.15) is 60.6 Å². The fraction of sp³-hybridized carbons (Fsp3) is 0.385. The standard InChI is InChI=1S/C26H31N3O3/c1-4-24-23(16-30)28-25(17(3)26(31)32-5-2)29(24)15-18-10-13-22-20(14-18)12-11-19-8-6-7-9-21(19)27-22/h6-10,13-14,17,27,30H,4-5,11-12,15-16H2,1-3H3. The summed E-state index contributed by atoms with van der Waals surface area (Å²) < 4.78 is 7.31. The number of aliphatic hydroxyl groups excluding tert-OH is 1. The maximum atomic E-state index is 12.4. The second kappa shape index (κ2) is 9.57. The summed E-state index contributed by atoms with van der Waals surface area (Å²) >= 11 is 0. The van der Waals surface area contributed by atoms with Gasteiger partial charge in [-0.15, -0.1) is 0 Å². The van der Waals surface area contributed by atoms with E-state index in [1.54, 1.807) is 6.92 Å². The van der Waals surface area contributed by atoms with Gasteiger partial charge in [-0.3, -0.25) is 4.79 Å². The van der Waals surface area contributed by atoms with E-state index in [0.717, 1.165) is 36.2 Å². The van der Waals surface area contributed by atoms with Crippen molar-refractivity contribution in [2.75, 3.05) is 11.9 Å². The van der Waals surface area contributed by atoms with Gasteiger partial charge in [-0.25, -0.2) is 4.98 Å². The number of hydrogen-bond acceptors (Lipinski definition) is 5. The minimum atomic E-state index is -0.502. The lowest BCUT2D eigenvalue weighted by Crippen LogP contribution is -2.19. The van der Waals surface area contributed by atoms with Gasteiger partial charge in [0, 0.05) is 23.6 Å². The van der Waals surface area contributed by atoms with E-state index >= 15 is 0 Å². The molecule has 0 spiro atoms. The third kappa shape index (κ3) is 4.28. The molecule has 1 unspecified atom stereocenters. The zero-order chi connectivity index (χ0) is 22.7. The fourth-order valence-electron chi connectivity index (χ4n) is 4.49. The Morgan fingerprint density at radius 2 is 1.91 bits per heavy atom. The Labute approximate surface area is 189 Å². The zero-order valence-corrected chi connectivity index (χ0v) is 19.0. The molecule has 0 bridgehead atoms. The van der Waals surface area contributed by atoms with E-state index < -0.39 is 5.92 Å². The first kappa shape index (κ1) is 22.1. The number of nitrogens with one attached hydrogen (secondary N) is 1. The molecule has 0 radical (unpaired) electrons. The van der Waals surface area contributed by atoms with Gasteiger partial charge >= 0.3 is 5.97 Å². The van der Waals surface area contributed by atoms with Crippen molar-refractivity contribution >= 4 is 17.3 Å². The second-order valence-electron chi connectivity index (χ2n) is 8.21. The Morgan fingerprint density at radius 1 is 1.16 bits per heavy atom. The first-order valence-electron chi connectivity index (χ1n) is 11.4. The van der Waals surface area contributed by atoms with Crippen LogP contribution >= 0.6 is 0 Å². The molecular weight excluding hydrogens is 402 g/mol. The number of benzene rings is 2. The quantitative estimate of drug-likeness (QED) is 0.537. The van der Waals surface area contributed by atoms with Crippen LogP contribution in [0.2, 0.25) is 0 Å². The topological polar surface area (TPSA) is 76.4 Å². The third-order valence-corrected chi connectivity index (χ3v) is 6.16. The molecule has 2 N–H and O–H groups in total. The summed E-state index contributed by atoms with van der Waals surface area (Å²) in [4.78, 5) is 17.1. The number of nitrogens with zero attached hydrogens (tertiary/aromatic N) is 2. The van der Waals surface area contributed by atoms with E-state index in [2.05, 4.69) is 57.3 Å². The molecule has 0 aliphatic carbocycles. The number of rotatable bonds is 7. The number of aryl methyl sites for hydroxylation is 2. The van der Waals surface area contributed by atoms with Crippen molar-refractivity contribution in [2.45, 2.75) is 59.1 Å². The number of fused-ring (bicyclic) bond motifs is 2. The predicted molar refractivity (Wildman–Crippen MR) is 125 cm³/mol. The minimum Gasteiger partial charge on any atom is -0.465 e. The van der Waals surface area contributed by atoms with E-state index in [4.69, 9.17) is 4.74 Å². The summed E-state index contributed by atoms with van der Waals surface area (Å²) in [6.07, 6.45) is 2.68. The van der Waals surface area contributed by atoms with Crippen molar-refractivity contribution < 1.29 is 14.6 Å². The number of carbonyl (C=O) groups excluding carboxylic acids is 1. The molecule has 6 nitrogen and oxygen atoms in total. The largest absolute Gasteiger partial charge is 0.465 e. The highest BCUT2D eigenvalue weighted by Gasteiger charge is 2.26. The van der Waals surface area contributed by atoms with Crippen molar-refractivity contribution in [2.24, 2.45) is 0 Å². The Bertz CT molecular complexity index is 1120. The molecule has 1 aliphatic heterocycles. The van der Waals surface area contributed by atoms with Crippen LogP contribution in [0.25, 0.3) is 0 Å². The van der Waals surface area contributed by atoms with Crippen molar-refractivity contribution in [1.29, 1.82) is 0 Å². The molecule has 0 amide bonds. The highest BCUT2D eigenvalue weighted by atomic mass is 16.5. The van der Waals surface area contributed by atoms with Crippen LogP contribution in [0.15, 0.2) is 42.5 Å². The first-order valence-corrected chi connectivity index (χ1v) is 11.4. The number of esters is 1. The van der Waals surface area contributed by atoms with Gasteiger partial charge in [0.05, 0.1) is 18.9 Å². The van der Waals surface area contributed by atoms with Crippen molar-refractivity contribution in [3.63, 3.8) is 0 Å². The molecule has 1 atom stereocenters. The van der Waals surface area contributed by atoms with E-state index in [9.17, 15) is 9.90 Å². The first-order chi connectivity index (χ1) is 15.5.